The van der Waals surface area contributed by atoms with Crippen molar-refractivity contribution in [2.45, 2.75) is 46.1 Å². The van der Waals surface area contributed by atoms with Crippen LogP contribution in [0.5, 0.6) is 0 Å². The second-order valence-electron chi connectivity index (χ2n) is 6.38. The molecule has 0 atom stereocenters. The maximum Gasteiger partial charge on any atom is 0.376 e. The van der Waals surface area contributed by atoms with Gasteiger partial charge in [0, 0.05) is 11.6 Å². The number of nitrogens with zero attached hydrogens (tertiary/aromatic N) is 1. The molecule has 0 fully saturated rings. The van der Waals surface area contributed by atoms with E-state index in [2.05, 4.69) is 9.93 Å². The molecule has 1 aromatic carbocycles. The lowest BCUT2D eigenvalue weighted by Gasteiger charge is -2.20. The fourth-order valence-corrected chi connectivity index (χ4v) is 2.41. The summed E-state index contributed by atoms with van der Waals surface area (Å²) in [5.41, 5.74) is 0.374. The van der Waals surface area contributed by atoms with E-state index in [0.29, 0.717) is 11.3 Å². The number of carbonyl (C=O) groups excluding carboxylic acids is 3. The first-order valence-corrected chi connectivity index (χ1v) is 7.98. The molecule has 1 aromatic rings. The predicted octanol–water partition coefficient (Wildman–Crippen LogP) is 3.10. The van der Waals surface area contributed by atoms with Crippen molar-refractivity contribution < 1.29 is 29.2 Å². The van der Waals surface area contributed by atoms with Gasteiger partial charge in [-0.25, -0.2) is 9.69 Å². The van der Waals surface area contributed by atoms with Crippen LogP contribution in [0.3, 0.4) is 0 Å². The first-order valence-electron chi connectivity index (χ1n) is 7.98. The molecule has 0 saturated heterocycles. The van der Waals surface area contributed by atoms with E-state index in [1.807, 2.05) is 20.8 Å². The number of carbonyl (C=O) groups is 3. The smallest absolute Gasteiger partial charge is 0.269 e. The summed E-state index contributed by atoms with van der Waals surface area (Å²) in [6.45, 7) is 7.22. The fraction of sp³-hybridized carbons (Fsp3) is 0.389. The monoisotopic (exact) mass is 347 g/mol. The van der Waals surface area contributed by atoms with Gasteiger partial charge in [0.05, 0.1) is 11.3 Å². The van der Waals surface area contributed by atoms with Crippen molar-refractivity contribution in [2.75, 3.05) is 4.90 Å². The lowest BCUT2D eigenvalue weighted by molar-refractivity contribution is -0.513. The summed E-state index contributed by atoms with van der Waals surface area (Å²) < 4.78 is 0. The first-order chi connectivity index (χ1) is 11.7. The maximum atomic E-state index is 11.9. The molecule has 7 heteroatoms. The van der Waals surface area contributed by atoms with Crippen LogP contribution in [-0.4, -0.2) is 23.4 Å². The Labute approximate surface area is 146 Å². The van der Waals surface area contributed by atoms with Gasteiger partial charge < -0.3 is 0 Å². The molecule has 0 aliphatic carbocycles. The molecule has 0 unspecified atom stereocenters. The van der Waals surface area contributed by atoms with Crippen molar-refractivity contribution in [3.05, 3.63) is 41.5 Å². The van der Waals surface area contributed by atoms with Gasteiger partial charge in [0.25, 0.3) is 11.8 Å². The van der Waals surface area contributed by atoms with Crippen LogP contribution in [0.1, 0.15) is 50.9 Å². The largest absolute Gasteiger partial charge is 0.376 e. The summed E-state index contributed by atoms with van der Waals surface area (Å²) in [5, 5.41) is 4.57. The summed E-state index contributed by atoms with van der Waals surface area (Å²) in [5.74, 6) is -1.53. The normalized spacial score (nSPS) is 14.7. The minimum absolute atomic E-state index is 0.199. The highest BCUT2D eigenvalue weighted by atomic mass is 17.5. The molecule has 0 spiro atoms. The number of imide groups is 1. The van der Waals surface area contributed by atoms with Crippen LogP contribution in [0.15, 0.2) is 35.9 Å². The predicted molar refractivity (Wildman–Crippen MR) is 89.3 cm³/mol. The maximum absolute atomic E-state index is 11.9. The van der Waals surface area contributed by atoms with E-state index in [1.165, 1.54) is 30.3 Å². The zero-order valence-electron chi connectivity index (χ0n) is 14.7. The van der Waals surface area contributed by atoms with Crippen LogP contribution < -0.4 is 4.90 Å². The van der Waals surface area contributed by atoms with Gasteiger partial charge in [0.1, 0.15) is 5.60 Å². The second-order valence-corrected chi connectivity index (χ2v) is 6.38. The third-order valence-corrected chi connectivity index (χ3v) is 3.68. The molecule has 7 nitrogen and oxygen atoms in total. The highest BCUT2D eigenvalue weighted by Gasteiger charge is 2.29. The topological polar surface area (TPSA) is 82.1 Å². The van der Waals surface area contributed by atoms with Gasteiger partial charge in [-0.2, -0.15) is 4.89 Å². The third-order valence-electron chi connectivity index (χ3n) is 3.68. The van der Waals surface area contributed by atoms with Crippen LogP contribution in [0.2, 0.25) is 0 Å². The van der Waals surface area contributed by atoms with E-state index in [1.54, 1.807) is 6.92 Å². The molecule has 134 valence electrons. The molecule has 2 rings (SSSR count). The van der Waals surface area contributed by atoms with E-state index in [9.17, 15) is 14.4 Å². The zero-order valence-corrected chi connectivity index (χ0v) is 14.7. The molecular weight excluding hydrogens is 326 g/mol. The molecule has 25 heavy (non-hydrogen) atoms. The van der Waals surface area contributed by atoms with E-state index in [-0.39, 0.29) is 11.5 Å². The molecule has 0 bridgehead atoms. The Kier molecular flexibility index (Phi) is 5.71. The van der Waals surface area contributed by atoms with Crippen molar-refractivity contribution in [2.24, 2.45) is 0 Å². The lowest BCUT2D eigenvalue weighted by atomic mass is 10.0. The van der Waals surface area contributed by atoms with Crippen molar-refractivity contribution in [3.63, 3.8) is 0 Å². The Balaban J connectivity index is 1.95. The molecular formula is C18H21NO6. The van der Waals surface area contributed by atoms with Crippen LogP contribution in [0.4, 0.5) is 5.69 Å². The summed E-state index contributed by atoms with van der Waals surface area (Å²) in [4.78, 5) is 46.4. The Bertz CT molecular complexity index is 705. The molecule has 0 N–H and O–H groups in total. The Hall–Kier alpha value is -2.51. The zero-order chi connectivity index (χ0) is 18.6. The average molecular weight is 347 g/mol. The standard InChI is InChI=1S/C18H21NO6/c1-5-10-18(3,4)24-25-23-17(22)13-6-8-14(9-7-13)19-15(20)11-12(2)16(19)21/h6-9,11H,5,10H2,1-4H3. The van der Waals surface area contributed by atoms with E-state index < -0.39 is 17.5 Å². The van der Waals surface area contributed by atoms with Crippen LogP contribution >= 0.6 is 0 Å². The Morgan fingerprint density at radius 3 is 2.32 bits per heavy atom. The quantitative estimate of drug-likeness (QED) is 0.428. The average Bonchev–Trinajstić information content (AvgIpc) is 2.80. The van der Waals surface area contributed by atoms with E-state index >= 15 is 0 Å². The fourth-order valence-electron chi connectivity index (χ4n) is 2.41. The van der Waals surface area contributed by atoms with Gasteiger partial charge in [-0.1, -0.05) is 13.3 Å². The number of hydrogen-bond donors (Lipinski definition) is 0. The number of benzene rings is 1. The number of amides is 2. The van der Waals surface area contributed by atoms with Gasteiger partial charge in [0.2, 0.25) is 0 Å². The number of anilines is 1. The third kappa shape index (κ3) is 4.52. The molecule has 0 aromatic heterocycles. The minimum atomic E-state index is -0.743. The SMILES string of the molecule is CCCC(C)(C)OOOC(=O)c1ccc(N2C(=O)C=C(C)C2=O)cc1. The van der Waals surface area contributed by atoms with Crippen LogP contribution in [0, 0.1) is 0 Å². The van der Waals surface area contributed by atoms with Crippen molar-refractivity contribution in [1.82, 2.24) is 0 Å². The molecule has 1 heterocycles. The second kappa shape index (κ2) is 7.58. The molecule has 1 aliphatic heterocycles. The highest BCUT2D eigenvalue weighted by molar-refractivity contribution is 6.30. The summed E-state index contributed by atoms with van der Waals surface area (Å²) in [6, 6.07) is 5.85. The van der Waals surface area contributed by atoms with Gasteiger partial charge in [-0.05, 0) is 56.5 Å². The van der Waals surface area contributed by atoms with E-state index in [4.69, 9.17) is 4.89 Å². The van der Waals surface area contributed by atoms with Crippen LogP contribution in [-0.2, 0) is 24.4 Å². The highest BCUT2D eigenvalue weighted by Crippen LogP contribution is 2.23. The summed E-state index contributed by atoms with van der Waals surface area (Å²) >= 11 is 0. The molecule has 0 radical (unpaired) electrons. The van der Waals surface area contributed by atoms with Gasteiger partial charge in [-0.15, -0.1) is 0 Å². The molecule has 0 saturated carbocycles. The van der Waals surface area contributed by atoms with E-state index in [0.717, 1.165) is 17.7 Å². The number of hydrogen-bond acceptors (Lipinski definition) is 6. The molecule has 1 aliphatic rings. The van der Waals surface area contributed by atoms with Gasteiger partial charge in [0.15, 0.2) is 0 Å². The van der Waals surface area contributed by atoms with Crippen LogP contribution in [0.25, 0.3) is 0 Å². The van der Waals surface area contributed by atoms with Gasteiger partial charge in [-0.3, -0.25) is 14.5 Å². The number of rotatable bonds is 7. The Morgan fingerprint density at radius 1 is 1.16 bits per heavy atom. The molecule has 2 amide bonds. The summed E-state index contributed by atoms with van der Waals surface area (Å²) in [7, 11) is 0. The minimum Gasteiger partial charge on any atom is -0.269 e. The van der Waals surface area contributed by atoms with Crippen molar-refractivity contribution in [1.29, 1.82) is 0 Å². The Morgan fingerprint density at radius 2 is 1.80 bits per heavy atom. The first kappa shape index (κ1) is 18.8. The summed E-state index contributed by atoms with van der Waals surface area (Å²) in [6.07, 6.45) is 2.91. The lowest BCUT2D eigenvalue weighted by Crippen LogP contribution is -2.30. The van der Waals surface area contributed by atoms with Crippen molar-refractivity contribution in [3.8, 4) is 0 Å². The van der Waals surface area contributed by atoms with Gasteiger partial charge >= 0.3 is 5.97 Å². The van der Waals surface area contributed by atoms with Crippen molar-refractivity contribution >= 4 is 23.5 Å².